The van der Waals surface area contributed by atoms with Crippen molar-refractivity contribution in [3.63, 3.8) is 0 Å². The fraction of sp³-hybridized carbons (Fsp3) is 0.222. The number of benzene rings is 2. The maximum absolute atomic E-state index is 6.24. The third kappa shape index (κ3) is 2.64. The van der Waals surface area contributed by atoms with Crippen molar-refractivity contribution in [2.75, 3.05) is 5.32 Å². The van der Waals surface area contributed by atoms with E-state index in [9.17, 15) is 0 Å². The second-order valence-electron chi connectivity index (χ2n) is 5.17. The van der Waals surface area contributed by atoms with Crippen molar-refractivity contribution in [1.29, 1.82) is 0 Å². The summed E-state index contributed by atoms with van der Waals surface area (Å²) < 4.78 is 5.60. The van der Waals surface area contributed by atoms with E-state index in [1.807, 2.05) is 24.3 Å². The average Bonchev–Trinajstić information content (AvgIpc) is 2.81. The van der Waals surface area contributed by atoms with Crippen LogP contribution in [0.25, 0.3) is 11.0 Å². The van der Waals surface area contributed by atoms with Crippen LogP contribution in [0.2, 0.25) is 5.22 Å². The minimum absolute atomic E-state index is 0.468. The molecule has 0 radical (unpaired) electrons. The van der Waals surface area contributed by atoms with Gasteiger partial charge in [-0.15, -0.1) is 0 Å². The number of rotatable bonds is 4. The van der Waals surface area contributed by atoms with Gasteiger partial charge in [0, 0.05) is 23.2 Å². The Morgan fingerprint density at radius 1 is 1.10 bits per heavy atom. The molecule has 0 bridgehead atoms. The molecule has 0 aliphatic heterocycles. The van der Waals surface area contributed by atoms with Crippen LogP contribution in [0.1, 0.15) is 23.6 Å². The van der Waals surface area contributed by atoms with Gasteiger partial charge < -0.3 is 9.73 Å². The molecule has 0 atom stereocenters. The Labute approximate surface area is 129 Å². The number of para-hydroxylation sites is 2. The Balaban J connectivity index is 1.92. The van der Waals surface area contributed by atoms with Gasteiger partial charge in [0.15, 0.2) is 5.22 Å². The number of halogens is 1. The SMILES string of the molecule is CCc1cccc(C)c1NCc1c(Cl)oc2ccccc12. The van der Waals surface area contributed by atoms with Crippen molar-refractivity contribution >= 4 is 28.3 Å². The lowest BCUT2D eigenvalue weighted by molar-refractivity contribution is 0.613. The molecule has 0 saturated heterocycles. The molecule has 1 N–H and O–H groups in total. The first kappa shape index (κ1) is 14.0. The highest BCUT2D eigenvalue weighted by atomic mass is 35.5. The van der Waals surface area contributed by atoms with E-state index in [4.69, 9.17) is 16.0 Å². The third-order valence-electron chi connectivity index (χ3n) is 3.83. The van der Waals surface area contributed by atoms with Gasteiger partial charge in [0.25, 0.3) is 0 Å². The molecule has 0 amide bonds. The molecule has 0 aliphatic rings. The number of fused-ring (bicyclic) bond motifs is 1. The largest absolute Gasteiger partial charge is 0.444 e. The van der Waals surface area contributed by atoms with Crippen molar-refractivity contribution in [3.05, 3.63) is 64.4 Å². The first-order valence-electron chi connectivity index (χ1n) is 7.19. The lowest BCUT2D eigenvalue weighted by atomic mass is 10.1. The van der Waals surface area contributed by atoms with Crippen LogP contribution in [0, 0.1) is 6.92 Å². The van der Waals surface area contributed by atoms with Gasteiger partial charge in [-0.3, -0.25) is 0 Å². The van der Waals surface area contributed by atoms with Gasteiger partial charge in [-0.2, -0.15) is 0 Å². The fourth-order valence-electron chi connectivity index (χ4n) is 2.69. The predicted molar refractivity (Wildman–Crippen MR) is 89.1 cm³/mol. The van der Waals surface area contributed by atoms with Crippen molar-refractivity contribution in [1.82, 2.24) is 0 Å². The summed E-state index contributed by atoms with van der Waals surface area (Å²) in [5.41, 5.74) is 5.61. The number of hydrogen-bond acceptors (Lipinski definition) is 2. The zero-order valence-electron chi connectivity index (χ0n) is 12.2. The van der Waals surface area contributed by atoms with E-state index >= 15 is 0 Å². The summed E-state index contributed by atoms with van der Waals surface area (Å²) >= 11 is 6.24. The highest BCUT2D eigenvalue weighted by Gasteiger charge is 2.12. The quantitative estimate of drug-likeness (QED) is 0.681. The molecule has 0 fully saturated rings. The molecule has 1 aromatic heterocycles. The molecule has 0 aliphatic carbocycles. The van der Waals surface area contributed by atoms with E-state index in [0.29, 0.717) is 11.8 Å². The first-order valence-corrected chi connectivity index (χ1v) is 7.56. The standard InChI is InChI=1S/C18H18ClNO/c1-3-13-8-6-7-12(2)17(13)20-11-15-14-9-4-5-10-16(14)21-18(15)19/h4-10,20H,3,11H2,1-2H3. The monoisotopic (exact) mass is 299 g/mol. The zero-order valence-corrected chi connectivity index (χ0v) is 13.0. The summed E-state index contributed by atoms with van der Waals surface area (Å²) in [6.07, 6.45) is 1.00. The smallest absolute Gasteiger partial charge is 0.199 e. The Morgan fingerprint density at radius 2 is 1.90 bits per heavy atom. The van der Waals surface area contributed by atoms with Crippen LogP contribution in [-0.2, 0) is 13.0 Å². The number of hydrogen-bond donors (Lipinski definition) is 1. The molecule has 0 saturated carbocycles. The number of anilines is 1. The Morgan fingerprint density at radius 3 is 2.71 bits per heavy atom. The molecule has 1 heterocycles. The third-order valence-corrected chi connectivity index (χ3v) is 4.14. The van der Waals surface area contributed by atoms with Crippen LogP contribution in [0.3, 0.4) is 0 Å². The van der Waals surface area contributed by atoms with Gasteiger partial charge in [-0.25, -0.2) is 0 Å². The van der Waals surface area contributed by atoms with E-state index in [1.54, 1.807) is 0 Å². The number of furan rings is 1. The van der Waals surface area contributed by atoms with E-state index in [-0.39, 0.29) is 0 Å². The van der Waals surface area contributed by atoms with Crippen molar-refractivity contribution in [2.45, 2.75) is 26.8 Å². The molecule has 21 heavy (non-hydrogen) atoms. The maximum Gasteiger partial charge on any atom is 0.199 e. The Bertz CT molecular complexity index is 776. The molecule has 3 aromatic rings. The molecule has 0 spiro atoms. The van der Waals surface area contributed by atoms with Gasteiger partial charge in [0.05, 0.1) is 0 Å². The van der Waals surface area contributed by atoms with Gasteiger partial charge in [0.1, 0.15) is 5.58 Å². The highest BCUT2D eigenvalue weighted by Crippen LogP contribution is 2.31. The van der Waals surface area contributed by atoms with Crippen LogP contribution in [0.15, 0.2) is 46.9 Å². The van der Waals surface area contributed by atoms with Crippen molar-refractivity contribution in [2.24, 2.45) is 0 Å². The minimum Gasteiger partial charge on any atom is -0.444 e. The molecule has 3 heteroatoms. The summed E-state index contributed by atoms with van der Waals surface area (Å²) in [6, 6.07) is 14.3. The average molecular weight is 300 g/mol. The van der Waals surface area contributed by atoms with Crippen LogP contribution in [0.4, 0.5) is 5.69 Å². The van der Waals surface area contributed by atoms with Crippen molar-refractivity contribution in [3.8, 4) is 0 Å². The van der Waals surface area contributed by atoms with Crippen LogP contribution in [-0.4, -0.2) is 0 Å². The summed E-state index contributed by atoms with van der Waals surface area (Å²) in [4.78, 5) is 0. The van der Waals surface area contributed by atoms with Gasteiger partial charge in [-0.1, -0.05) is 43.3 Å². The van der Waals surface area contributed by atoms with Crippen LogP contribution < -0.4 is 5.32 Å². The second-order valence-corrected chi connectivity index (χ2v) is 5.51. The van der Waals surface area contributed by atoms with Gasteiger partial charge >= 0.3 is 0 Å². The maximum atomic E-state index is 6.24. The number of aryl methyl sites for hydroxylation is 2. The van der Waals surface area contributed by atoms with Gasteiger partial charge in [-0.05, 0) is 42.1 Å². The van der Waals surface area contributed by atoms with E-state index in [0.717, 1.165) is 23.0 Å². The normalized spacial score (nSPS) is 11.0. The Hall–Kier alpha value is -1.93. The highest BCUT2D eigenvalue weighted by molar-refractivity contribution is 6.30. The van der Waals surface area contributed by atoms with E-state index in [2.05, 4.69) is 37.4 Å². The zero-order chi connectivity index (χ0) is 14.8. The molecule has 0 unspecified atom stereocenters. The fourth-order valence-corrected chi connectivity index (χ4v) is 2.94. The van der Waals surface area contributed by atoms with Crippen LogP contribution in [0.5, 0.6) is 0 Å². The van der Waals surface area contributed by atoms with E-state index < -0.39 is 0 Å². The molecule has 3 rings (SSSR count). The lowest BCUT2D eigenvalue weighted by Crippen LogP contribution is -2.04. The topological polar surface area (TPSA) is 25.2 Å². The minimum atomic E-state index is 0.468. The molecular weight excluding hydrogens is 282 g/mol. The second kappa shape index (κ2) is 5.82. The molecule has 108 valence electrons. The number of nitrogens with one attached hydrogen (secondary N) is 1. The van der Waals surface area contributed by atoms with E-state index in [1.165, 1.54) is 16.8 Å². The van der Waals surface area contributed by atoms with Gasteiger partial charge in [0.2, 0.25) is 0 Å². The summed E-state index contributed by atoms with van der Waals surface area (Å²) in [6.45, 7) is 4.95. The summed E-state index contributed by atoms with van der Waals surface area (Å²) in [7, 11) is 0. The summed E-state index contributed by atoms with van der Waals surface area (Å²) in [5.74, 6) is 0. The molecule has 2 nitrogen and oxygen atoms in total. The van der Waals surface area contributed by atoms with Crippen LogP contribution >= 0.6 is 11.6 Å². The molecular formula is C18H18ClNO. The summed E-state index contributed by atoms with van der Waals surface area (Å²) in [5, 5.41) is 5.06. The Kier molecular flexibility index (Phi) is 3.89. The predicted octanol–water partition coefficient (Wildman–Crippen LogP) is 5.57. The molecule has 2 aromatic carbocycles. The first-order chi connectivity index (χ1) is 10.2. The van der Waals surface area contributed by atoms with Crippen molar-refractivity contribution < 1.29 is 4.42 Å². The lowest BCUT2D eigenvalue weighted by Gasteiger charge is -2.13.